The summed E-state index contributed by atoms with van der Waals surface area (Å²) in [5.41, 5.74) is 1.52. The van der Waals surface area contributed by atoms with Gasteiger partial charge in [0.1, 0.15) is 5.78 Å². The van der Waals surface area contributed by atoms with Crippen molar-refractivity contribution in [1.82, 2.24) is 0 Å². The van der Waals surface area contributed by atoms with E-state index in [0.29, 0.717) is 11.7 Å². The van der Waals surface area contributed by atoms with Gasteiger partial charge < -0.3 is 4.79 Å². The number of hydrogen-bond donors (Lipinski definition) is 0. The highest BCUT2D eigenvalue weighted by molar-refractivity contribution is 5.75. The van der Waals surface area contributed by atoms with Crippen molar-refractivity contribution in [1.29, 1.82) is 0 Å². The minimum absolute atomic E-state index is 0.362. The molecule has 0 aromatic heterocycles. The predicted molar refractivity (Wildman–Crippen MR) is 78.6 cm³/mol. The Morgan fingerprint density at radius 1 is 1.39 bits per heavy atom. The fraction of sp³-hybridized carbons (Fsp3) is 0.824. The van der Waals surface area contributed by atoms with Crippen LogP contribution < -0.4 is 0 Å². The quantitative estimate of drug-likeness (QED) is 0.633. The summed E-state index contributed by atoms with van der Waals surface area (Å²) < 4.78 is 0. The van der Waals surface area contributed by atoms with Gasteiger partial charge in [0.2, 0.25) is 0 Å². The number of carbonyl (C=O) groups is 1. The molecule has 3 atom stereocenters. The van der Waals surface area contributed by atoms with E-state index in [1.807, 2.05) is 0 Å². The third-order valence-electron chi connectivity index (χ3n) is 4.60. The van der Waals surface area contributed by atoms with Crippen molar-refractivity contribution >= 4 is 5.78 Å². The summed E-state index contributed by atoms with van der Waals surface area (Å²) in [6.45, 7) is 8.68. The van der Waals surface area contributed by atoms with Crippen LogP contribution in [0.3, 0.4) is 0 Å². The SMILES string of the molecule is CCC1CC(CC(C)=O)CC/C(C)=C/CCC1C. The first kappa shape index (κ1) is 15.5. The Kier molecular flexibility index (Phi) is 6.67. The Balaban J connectivity index is 2.72. The maximum atomic E-state index is 11.4. The van der Waals surface area contributed by atoms with Crippen molar-refractivity contribution in [3.8, 4) is 0 Å². The lowest BCUT2D eigenvalue weighted by molar-refractivity contribution is -0.118. The van der Waals surface area contributed by atoms with Gasteiger partial charge in [-0.2, -0.15) is 0 Å². The number of ketones is 1. The van der Waals surface area contributed by atoms with Crippen molar-refractivity contribution in [3.63, 3.8) is 0 Å². The highest BCUT2D eigenvalue weighted by Crippen LogP contribution is 2.32. The lowest BCUT2D eigenvalue weighted by Gasteiger charge is -2.28. The first-order chi connectivity index (χ1) is 8.52. The zero-order chi connectivity index (χ0) is 13.5. The van der Waals surface area contributed by atoms with Crippen LogP contribution in [0.25, 0.3) is 0 Å². The fourth-order valence-corrected chi connectivity index (χ4v) is 3.30. The monoisotopic (exact) mass is 250 g/mol. The van der Waals surface area contributed by atoms with E-state index in [1.54, 1.807) is 6.92 Å². The van der Waals surface area contributed by atoms with Gasteiger partial charge in [-0.15, -0.1) is 0 Å². The second-order valence-electron chi connectivity index (χ2n) is 6.32. The summed E-state index contributed by atoms with van der Waals surface area (Å²) in [5.74, 6) is 2.57. The van der Waals surface area contributed by atoms with Crippen LogP contribution in [0.1, 0.15) is 72.6 Å². The van der Waals surface area contributed by atoms with Crippen molar-refractivity contribution in [2.24, 2.45) is 17.8 Å². The molecule has 0 bridgehead atoms. The second-order valence-corrected chi connectivity index (χ2v) is 6.32. The Morgan fingerprint density at radius 2 is 2.11 bits per heavy atom. The van der Waals surface area contributed by atoms with Crippen LogP contribution >= 0.6 is 0 Å². The highest BCUT2D eigenvalue weighted by atomic mass is 16.1. The van der Waals surface area contributed by atoms with Gasteiger partial charge in [-0.25, -0.2) is 0 Å². The van der Waals surface area contributed by atoms with Crippen LogP contribution in [0, 0.1) is 17.8 Å². The molecule has 3 unspecified atom stereocenters. The lowest BCUT2D eigenvalue weighted by Crippen LogP contribution is -2.18. The molecule has 1 heteroatoms. The van der Waals surface area contributed by atoms with Crippen molar-refractivity contribution < 1.29 is 4.79 Å². The minimum Gasteiger partial charge on any atom is -0.300 e. The van der Waals surface area contributed by atoms with E-state index in [4.69, 9.17) is 0 Å². The Labute approximate surface area is 113 Å². The molecule has 0 fully saturated rings. The summed E-state index contributed by atoms with van der Waals surface area (Å²) >= 11 is 0. The molecule has 0 heterocycles. The zero-order valence-corrected chi connectivity index (χ0v) is 12.7. The molecule has 0 aromatic carbocycles. The molecular weight excluding hydrogens is 220 g/mol. The van der Waals surface area contributed by atoms with Gasteiger partial charge >= 0.3 is 0 Å². The second kappa shape index (κ2) is 7.76. The molecule has 0 N–H and O–H groups in total. The van der Waals surface area contributed by atoms with E-state index in [0.717, 1.165) is 18.3 Å². The van der Waals surface area contributed by atoms with Crippen molar-refractivity contribution in [2.45, 2.75) is 72.6 Å². The van der Waals surface area contributed by atoms with E-state index >= 15 is 0 Å². The molecule has 0 aromatic rings. The summed E-state index contributed by atoms with van der Waals surface area (Å²) in [6.07, 6.45) is 10.6. The largest absolute Gasteiger partial charge is 0.300 e. The molecule has 0 amide bonds. The predicted octanol–water partition coefficient (Wildman–Crippen LogP) is 5.15. The standard InChI is InChI=1S/C17H30O/c1-5-17-12-16(11-15(4)18)10-9-13(2)7-6-8-14(17)3/h7,14,16-17H,5-6,8-12H2,1-4H3/b13-7+. The molecule has 1 nitrogen and oxygen atoms in total. The van der Waals surface area contributed by atoms with Gasteiger partial charge in [-0.05, 0) is 63.7 Å². The highest BCUT2D eigenvalue weighted by Gasteiger charge is 2.22. The molecule has 104 valence electrons. The average Bonchev–Trinajstić information content (AvgIpc) is 2.31. The first-order valence-electron chi connectivity index (χ1n) is 7.68. The molecular formula is C17H30O. The summed E-state index contributed by atoms with van der Waals surface area (Å²) in [5, 5.41) is 0. The molecule has 0 radical (unpaired) electrons. The van der Waals surface area contributed by atoms with Crippen LogP contribution in [0.5, 0.6) is 0 Å². The molecule has 0 saturated carbocycles. The molecule has 1 aliphatic carbocycles. The Morgan fingerprint density at radius 3 is 2.72 bits per heavy atom. The van der Waals surface area contributed by atoms with Gasteiger partial charge in [0, 0.05) is 6.42 Å². The van der Waals surface area contributed by atoms with Gasteiger partial charge in [0.15, 0.2) is 0 Å². The lowest BCUT2D eigenvalue weighted by atomic mass is 9.77. The van der Waals surface area contributed by atoms with Gasteiger partial charge in [0.25, 0.3) is 0 Å². The number of allylic oxidation sites excluding steroid dienone is 2. The summed E-state index contributed by atoms with van der Waals surface area (Å²) in [4.78, 5) is 11.4. The minimum atomic E-state index is 0.362. The van der Waals surface area contributed by atoms with E-state index in [9.17, 15) is 4.79 Å². The summed E-state index contributed by atoms with van der Waals surface area (Å²) in [7, 11) is 0. The van der Waals surface area contributed by atoms with Gasteiger partial charge in [-0.1, -0.05) is 31.9 Å². The Hall–Kier alpha value is -0.590. The average molecular weight is 250 g/mol. The maximum absolute atomic E-state index is 11.4. The summed E-state index contributed by atoms with van der Waals surface area (Å²) in [6, 6.07) is 0. The third kappa shape index (κ3) is 5.37. The van der Waals surface area contributed by atoms with Crippen molar-refractivity contribution in [3.05, 3.63) is 11.6 Å². The van der Waals surface area contributed by atoms with Crippen LogP contribution in [0.4, 0.5) is 0 Å². The molecule has 0 saturated heterocycles. The Bertz CT molecular complexity index is 290. The van der Waals surface area contributed by atoms with Crippen molar-refractivity contribution in [2.75, 3.05) is 0 Å². The van der Waals surface area contributed by atoms with Crippen LogP contribution in [0.15, 0.2) is 11.6 Å². The maximum Gasteiger partial charge on any atom is 0.130 e. The van der Waals surface area contributed by atoms with Crippen LogP contribution in [0.2, 0.25) is 0 Å². The smallest absolute Gasteiger partial charge is 0.130 e. The third-order valence-corrected chi connectivity index (χ3v) is 4.60. The topological polar surface area (TPSA) is 17.1 Å². The van der Waals surface area contributed by atoms with Gasteiger partial charge in [-0.3, -0.25) is 0 Å². The molecule has 1 aliphatic rings. The first-order valence-corrected chi connectivity index (χ1v) is 7.68. The fourth-order valence-electron chi connectivity index (χ4n) is 3.30. The van der Waals surface area contributed by atoms with Crippen LogP contribution in [-0.4, -0.2) is 5.78 Å². The van der Waals surface area contributed by atoms with E-state index in [-0.39, 0.29) is 0 Å². The van der Waals surface area contributed by atoms with Gasteiger partial charge in [0.05, 0.1) is 0 Å². The molecule has 0 aliphatic heterocycles. The number of rotatable bonds is 3. The number of hydrogen-bond acceptors (Lipinski definition) is 1. The molecule has 0 spiro atoms. The van der Waals surface area contributed by atoms with E-state index in [2.05, 4.69) is 26.8 Å². The molecule has 1 rings (SSSR count). The number of Topliss-reactive ketones (excluding diaryl/α,β-unsaturated/α-hetero) is 1. The number of carbonyl (C=O) groups excluding carboxylic acids is 1. The molecule has 18 heavy (non-hydrogen) atoms. The van der Waals surface area contributed by atoms with E-state index in [1.165, 1.54) is 44.1 Å². The van der Waals surface area contributed by atoms with E-state index < -0.39 is 0 Å². The zero-order valence-electron chi connectivity index (χ0n) is 12.7. The normalized spacial score (nSPS) is 33.6. The van der Waals surface area contributed by atoms with Crippen LogP contribution in [-0.2, 0) is 4.79 Å².